The molecule has 7 nitrogen and oxygen atoms in total. The molecule has 0 unspecified atom stereocenters. The summed E-state index contributed by atoms with van der Waals surface area (Å²) in [6.07, 6.45) is 7.03. The van der Waals surface area contributed by atoms with Crippen LogP contribution in [0.1, 0.15) is 56.7 Å². The Balaban J connectivity index is 1.80. The fourth-order valence-corrected chi connectivity index (χ4v) is 3.75. The highest BCUT2D eigenvalue weighted by atomic mass is 15.5. The average Bonchev–Trinajstić information content (AvgIpc) is 3.40. The van der Waals surface area contributed by atoms with Crippen molar-refractivity contribution in [3.05, 3.63) is 71.9 Å². The van der Waals surface area contributed by atoms with Gasteiger partial charge in [-0.15, -0.1) is 5.10 Å². The molecular weight excluding hydrogens is 374 g/mol. The van der Waals surface area contributed by atoms with E-state index in [0.29, 0.717) is 6.42 Å². The van der Waals surface area contributed by atoms with Crippen LogP contribution in [0.15, 0.2) is 54.9 Å². The van der Waals surface area contributed by atoms with Crippen molar-refractivity contribution in [2.45, 2.75) is 52.5 Å². The van der Waals surface area contributed by atoms with Gasteiger partial charge in [0.1, 0.15) is 0 Å². The van der Waals surface area contributed by atoms with Gasteiger partial charge >= 0.3 is 0 Å². The molecule has 3 heterocycles. The highest BCUT2D eigenvalue weighted by Gasteiger charge is 2.24. The number of hydrogen-bond donors (Lipinski definition) is 0. The molecule has 0 aliphatic heterocycles. The molecule has 0 N–H and O–H groups in total. The first-order valence-electron chi connectivity index (χ1n) is 10.6. The second kappa shape index (κ2) is 8.98. The van der Waals surface area contributed by atoms with Gasteiger partial charge in [-0.1, -0.05) is 44.2 Å². The molecule has 30 heavy (non-hydrogen) atoms. The van der Waals surface area contributed by atoms with Gasteiger partial charge in [0.15, 0.2) is 17.3 Å². The zero-order chi connectivity index (χ0) is 20.9. The van der Waals surface area contributed by atoms with E-state index in [-0.39, 0.29) is 6.04 Å². The van der Waals surface area contributed by atoms with Crippen molar-refractivity contribution < 1.29 is 0 Å². The van der Waals surface area contributed by atoms with Crippen LogP contribution in [0.4, 0.5) is 0 Å². The standard InChI is InChI=1S/C23H27N7/c1-4-18(5-2)30-23(25-21(27-30)16-17-12-14-24-15-13-17)22-20(6-3)29(28-26-22)19-10-8-7-9-11-19/h7-15,18H,4-6,16H2,1-3H3. The molecule has 0 radical (unpaired) electrons. The molecule has 4 rings (SSSR count). The Bertz CT molecular complexity index is 1080. The summed E-state index contributed by atoms with van der Waals surface area (Å²) in [5.74, 6) is 1.59. The van der Waals surface area contributed by atoms with Gasteiger partial charge in [-0.25, -0.2) is 14.3 Å². The summed E-state index contributed by atoms with van der Waals surface area (Å²) in [7, 11) is 0. The smallest absolute Gasteiger partial charge is 0.181 e. The van der Waals surface area contributed by atoms with Gasteiger partial charge in [0.25, 0.3) is 0 Å². The van der Waals surface area contributed by atoms with Crippen molar-refractivity contribution in [2.75, 3.05) is 0 Å². The highest BCUT2D eigenvalue weighted by molar-refractivity contribution is 5.55. The first-order valence-corrected chi connectivity index (χ1v) is 10.6. The zero-order valence-corrected chi connectivity index (χ0v) is 17.7. The van der Waals surface area contributed by atoms with Crippen LogP contribution in [0, 0.1) is 0 Å². The average molecular weight is 402 g/mol. The van der Waals surface area contributed by atoms with E-state index in [1.165, 1.54) is 0 Å². The van der Waals surface area contributed by atoms with Gasteiger partial charge in [-0.3, -0.25) is 4.98 Å². The van der Waals surface area contributed by atoms with Gasteiger partial charge < -0.3 is 0 Å². The summed E-state index contributed by atoms with van der Waals surface area (Å²) in [5.41, 5.74) is 3.98. The minimum Gasteiger partial charge on any atom is -0.265 e. The Hall–Kier alpha value is -3.35. The van der Waals surface area contributed by atoms with Crippen molar-refractivity contribution >= 4 is 0 Å². The first-order chi connectivity index (χ1) is 14.7. The first kappa shape index (κ1) is 19.9. The second-order valence-electron chi connectivity index (χ2n) is 7.28. The molecule has 0 bridgehead atoms. The zero-order valence-electron chi connectivity index (χ0n) is 17.7. The SMILES string of the molecule is CCc1c(-c2nc(Cc3ccncc3)nn2C(CC)CC)nnn1-c1ccccc1. The maximum Gasteiger partial charge on any atom is 0.181 e. The monoisotopic (exact) mass is 401 g/mol. The third kappa shape index (κ3) is 3.87. The Kier molecular flexibility index (Phi) is 5.97. The number of hydrogen-bond acceptors (Lipinski definition) is 5. The Morgan fingerprint density at radius 2 is 1.67 bits per heavy atom. The second-order valence-corrected chi connectivity index (χ2v) is 7.28. The van der Waals surface area contributed by atoms with Crippen LogP contribution in [-0.2, 0) is 12.8 Å². The molecule has 3 aromatic heterocycles. The number of pyridine rings is 1. The van der Waals surface area contributed by atoms with Gasteiger partial charge in [-0.2, -0.15) is 5.10 Å². The van der Waals surface area contributed by atoms with Crippen molar-refractivity contribution in [3.8, 4) is 17.2 Å². The summed E-state index contributed by atoms with van der Waals surface area (Å²) < 4.78 is 3.96. The summed E-state index contributed by atoms with van der Waals surface area (Å²) in [5, 5.41) is 13.9. The molecular formula is C23H27N7. The van der Waals surface area contributed by atoms with Crippen molar-refractivity contribution in [1.82, 2.24) is 34.7 Å². The molecule has 4 aromatic rings. The molecule has 0 saturated carbocycles. The highest BCUT2D eigenvalue weighted by Crippen LogP contribution is 2.27. The van der Waals surface area contributed by atoms with Crippen molar-refractivity contribution in [1.29, 1.82) is 0 Å². The molecule has 0 aliphatic carbocycles. The number of benzene rings is 1. The number of para-hydroxylation sites is 1. The van der Waals surface area contributed by atoms with Crippen LogP contribution >= 0.6 is 0 Å². The predicted octanol–water partition coefficient (Wildman–Crippen LogP) is 4.44. The lowest BCUT2D eigenvalue weighted by Gasteiger charge is -2.15. The summed E-state index contributed by atoms with van der Waals surface area (Å²) in [6, 6.07) is 14.4. The molecule has 0 atom stereocenters. The molecule has 154 valence electrons. The molecule has 0 spiro atoms. The molecule has 1 aromatic carbocycles. The van der Waals surface area contributed by atoms with E-state index in [1.807, 2.05) is 47.1 Å². The Labute approximate surface area is 176 Å². The molecule has 0 fully saturated rings. The summed E-state index contributed by atoms with van der Waals surface area (Å²) >= 11 is 0. The minimum atomic E-state index is 0.269. The van der Waals surface area contributed by atoms with E-state index < -0.39 is 0 Å². The lowest BCUT2D eigenvalue weighted by Crippen LogP contribution is -2.12. The largest absolute Gasteiger partial charge is 0.265 e. The normalized spacial score (nSPS) is 11.3. The topological polar surface area (TPSA) is 74.3 Å². The predicted molar refractivity (Wildman–Crippen MR) is 116 cm³/mol. The summed E-state index contributed by atoms with van der Waals surface area (Å²) in [4.78, 5) is 9.02. The molecule has 7 heteroatoms. The van der Waals surface area contributed by atoms with Crippen LogP contribution in [-0.4, -0.2) is 34.7 Å². The van der Waals surface area contributed by atoms with Crippen LogP contribution in [0.25, 0.3) is 17.2 Å². The fraction of sp³-hybridized carbons (Fsp3) is 0.348. The van der Waals surface area contributed by atoms with Gasteiger partial charge in [0.05, 0.1) is 17.4 Å². The minimum absolute atomic E-state index is 0.269. The van der Waals surface area contributed by atoms with E-state index >= 15 is 0 Å². The third-order valence-electron chi connectivity index (χ3n) is 5.39. The van der Waals surface area contributed by atoms with Crippen LogP contribution in [0.3, 0.4) is 0 Å². The lowest BCUT2D eigenvalue weighted by atomic mass is 10.1. The maximum absolute atomic E-state index is 4.92. The number of aromatic nitrogens is 7. The van der Waals surface area contributed by atoms with Crippen molar-refractivity contribution in [2.24, 2.45) is 0 Å². The van der Waals surface area contributed by atoms with Gasteiger partial charge in [0.2, 0.25) is 0 Å². The van der Waals surface area contributed by atoms with Crippen LogP contribution in [0.2, 0.25) is 0 Å². The molecule has 0 aliphatic rings. The third-order valence-corrected chi connectivity index (χ3v) is 5.39. The van der Waals surface area contributed by atoms with E-state index in [2.05, 4.69) is 40.7 Å². The number of rotatable bonds is 8. The van der Waals surface area contributed by atoms with Gasteiger partial charge in [-0.05, 0) is 49.1 Å². The Morgan fingerprint density at radius 3 is 2.33 bits per heavy atom. The lowest BCUT2D eigenvalue weighted by molar-refractivity contribution is 0.429. The summed E-state index contributed by atoms with van der Waals surface area (Å²) in [6.45, 7) is 6.49. The Morgan fingerprint density at radius 1 is 0.933 bits per heavy atom. The molecule has 0 amide bonds. The van der Waals surface area contributed by atoms with E-state index in [1.54, 1.807) is 12.4 Å². The van der Waals surface area contributed by atoms with E-state index in [4.69, 9.17) is 10.1 Å². The van der Waals surface area contributed by atoms with Crippen LogP contribution < -0.4 is 0 Å². The van der Waals surface area contributed by atoms with E-state index in [0.717, 1.165) is 53.5 Å². The van der Waals surface area contributed by atoms with Gasteiger partial charge in [0, 0.05) is 18.8 Å². The van der Waals surface area contributed by atoms with Crippen LogP contribution in [0.5, 0.6) is 0 Å². The fourth-order valence-electron chi connectivity index (χ4n) is 3.75. The van der Waals surface area contributed by atoms with E-state index in [9.17, 15) is 0 Å². The maximum atomic E-state index is 4.92. The quantitative estimate of drug-likeness (QED) is 0.436. The van der Waals surface area contributed by atoms with Crippen molar-refractivity contribution in [3.63, 3.8) is 0 Å². The number of nitrogens with zero attached hydrogens (tertiary/aromatic N) is 7. The molecule has 0 saturated heterocycles.